The maximum atomic E-state index is 12.8. The van der Waals surface area contributed by atoms with Gasteiger partial charge in [-0.25, -0.2) is 8.42 Å². The Morgan fingerprint density at radius 3 is 2.33 bits per heavy atom. The molecule has 9 heteroatoms. The smallest absolute Gasteiger partial charge is 0.308 e. The van der Waals surface area contributed by atoms with Crippen LogP contribution in [0.25, 0.3) is 10.2 Å². The quantitative estimate of drug-likeness (QED) is 0.653. The molecule has 30 heavy (non-hydrogen) atoms. The first-order chi connectivity index (χ1) is 14.4. The fourth-order valence-corrected chi connectivity index (χ4v) is 6.06. The second-order valence-electron chi connectivity index (χ2n) is 7.31. The Labute approximate surface area is 179 Å². The molecule has 1 fully saturated rings. The van der Waals surface area contributed by atoms with Crippen LogP contribution in [0.3, 0.4) is 0 Å². The SMILES string of the molecule is O=C(Cn1c(=O)sc2ccccc21)Nc1ccc(S(=O)(=O)N2CCCCCC2)cc1. The van der Waals surface area contributed by atoms with E-state index in [0.29, 0.717) is 18.8 Å². The lowest BCUT2D eigenvalue weighted by Crippen LogP contribution is -2.31. The number of benzene rings is 2. The molecule has 0 radical (unpaired) electrons. The molecule has 1 aliphatic heterocycles. The van der Waals surface area contributed by atoms with Crippen molar-refractivity contribution in [2.45, 2.75) is 37.1 Å². The number of rotatable bonds is 5. The highest BCUT2D eigenvalue weighted by atomic mass is 32.2. The topological polar surface area (TPSA) is 88.5 Å². The number of thiazole rings is 1. The van der Waals surface area contributed by atoms with E-state index >= 15 is 0 Å². The third-order valence-corrected chi connectivity index (χ3v) is 8.09. The van der Waals surface area contributed by atoms with Crippen LogP contribution < -0.4 is 10.2 Å². The van der Waals surface area contributed by atoms with Gasteiger partial charge in [-0.3, -0.25) is 14.2 Å². The second-order valence-corrected chi connectivity index (χ2v) is 10.2. The van der Waals surface area contributed by atoms with E-state index in [1.54, 1.807) is 16.4 Å². The van der Waals surface area contributed by atoms with Crippen LogP contribution in [0.5, 0.6) is 0 Å². The average Bonchev–Trinajstić information content (AvgIpc) is 2.91. The van der Waals surface area contributed by atoms with Gasteiger partial charge in [-0.2, -0.15) is 4.31 Å². The lowest BCUT2D eigenvalue weighted by molar-refractivity contribution is -0.116. The van der Waals surface area contributed by atoms with E-state index in [2.05, 4.69) is 5.32 Å². The molecule has 0 aliphatic carbocycles. The van der Waals surface area contributed by atoms with E-state index in [1.165, 1.54) is 16.7 Å². The van der Waals surface area contributed by atoms with E-state index in [9.17, 15) is 18.0 Å². The first kappa shape index (κ1) is 20.8. The number of carbonyl (C=O) groups excluding carboxylic acids is 1. The average molecular weight is 446 g/mol. The third-order valence-electron chi connectivity index (χ3n) is 5.22. The first-order valence-corrected chi connectivity index (χ1v) is 12.2. The Kier molecular flexibility index (Phi) is 6.03. The molecule has 2 aromatic carbocycles. The number of para-hydroxylation sites is 1. The van der Waals surface area contributed by atoms with Gasteiger partial charge < -0.3 is 5.32 Å². The maximum absolute atomic E-state index is 12.8. The van der Waals surface area contributed by atoms with Crippen molar-refractivity contribution in [1.82, 2.24) is 8.87 Å². The minimum Gasteiger partial charge on any atom is -0.325 e. The van der Waals surface area contributed by atoms with Crippen molar-refractivity contribution in [3.05, 3.63) is 58.2 Å². The van der Waals surface area contributed by atoms with E-state index < -0.39 is 10.0 Å². The summed E-state index contributed by atoms with van der Waals surface area (Å²) in [6, 6.07) is 13.5. The summed E-state index contributed by atoms with van der Waals surface area (Å²) in [5.41, 5.74) is 1.21. The molecule has 3 aromatic rings. The van der Waals surface area contributed by atoms with Crippen LogP contribution in [0, 0.1) is 0 Å². The highest BCUT2D eigenvalue weighted by Crippen LogP contribution is 2.22. The lowest BCUT2D eigenvalue weighted by Gasteiger charge is -2.20. The van der Waals surface area contributed by atoms with E-state index in [0.717, 1.165) is 47.2 Å². The molecule has 0 atom stereocenters. The molecule has 1 N–H and O–H groups in total. The van der Waals surface area contributed by atoms with Crippen molar-refractivity contribution in [2.75, 3.05) is 18.4 Å². The monoisotopic (exact) mass is 445 g/mol. The fourth-order valence-electron chi connectivity index (χ4n) is 3.65. The van der Waals surface area contributed by atoms with Crippen LogP contribution in [0.4, 0.5) is 5.69 Å². The summed E-state index contributed by atoms with van der Waals surface area (Å²) in [5, 5.41) is 2.74. The molecule has 0 spiro atoms. The van der Waals surface area contributed by atoms with Crippen molar-refractivity contribution in [1.29, 1.82) is 0 Å². The number of amides is 1. The number of fused-ring (bicyclic) bond motifs is 1. The zero-order valence-corrected chi connectivity index (χ0v) is 18.0. The standard InChI is InChI=1S/C21H23N3O4S2/c25-20(15-24-18-7-3-4-8-19(18)29-21(24)26)22-16-9-11-17(12-10-16)30(27,28)23-13-5-1-2-6-14-23/h3-4,7-12H,1-2,5-6,13-15H2,(H,22,25). The largest absolute Gasteiger partial charge is 0.325 e. The van der Waals surface area contributed by atoms with Gasteiger partial charge in [0, 0.05) is 18.8 Å². The number of hydrogen-bond donors (Lipinski definition) is 1. The predicted molar refractivity (Wildman–Crippen MR) is 118 cm³/mol. The molecule has 1 amide bonds. The molecule has 0 unspecified atom stereocenters. The number of nitrogens with one attached hydrogen (secondary N) is 1. The summed E-state index contributed by atoms with van der Waals surface area (Å²) in [7, 11) is -3.52. The van der Waals surface area contributed by atoms with E-state index in [4.69, 9.17) is 0 Å². The molecule has 7 nitrogen and oxygen atoms in total. The van der Waals surface area contributed by atoms with Crippen molar-refractivity contribution < 1.29 is 13.2 Å². The van der Waals surface area contributed by atoms with Crippen molar-refractivity contribution in [3.8, 4) is 0 Å². The minimum absolute atomic E-state index is 0.101. The van der Waals surface area contributed by atoms with Gasteiger partial charge in [0.2, 0.25) is 15.9 Å². The van der Waals surface area contributed by atoms with Crippen LogP contribution >= 0.6 is 11.3 Å². The molecule has 158 valence electrons. The zero-order valence-electron chi connectivity index (χ0n) is 16.4. The highest BCUT2D eigenvalue weighted by molar-refractivity contribution is 7.89. The van der Waals surface area contributed by atoms with Gasteiger partial charge >= 0.3 is 4.87 Å². The highest BCUT2D eigenvalue weighted by Gasteiger charge is 2.25. The number of aromatic nitrogens is 1. The Hall–Kier alpha value is -2.49. The van der Waals surface area contributed by atoms with Gasteiger partial charge in [0.1, 0.15) is 6.54 Å². The summed E-state index contributed by atoms with van der Waals surface area (Å²) in [6.07, 6.45) is 3.87. The Balaban J connectivity index is 1.46. The van der Waals surface area contributed by atoms with Crippen LogP contribution in [0.1, 0.15) is 25.7 Å². The molecule has 1 saturated heterocycles. The lowest BCUT2D eigenvalue weighted by atomic mass is 10.2. The van der Waals surface area contributed by atoms with Crippen molar-refractivity contribution >= 4 is 43.2 Å². The Morgan fingerprint density at radius 2 is 1.63 bits per heavy atom. The Bertz CT molecular complexity index is 1210. The summed E-state index contributed by atoms with van der Waals surface area (Å²) in [6.45, 7) is 0.991. The third kappa shape index (κ3) is 4.33. The summed E-state index contributed by atoms with van der Waals surface area (Å²) in [5.74, 6) is -0.344. The number of nitrogens with zero attached hydrogens (tertiary/aromatic N) is 2. The molecular formula is C21H23N3O4S2. The zero-order chi connectivity index (χ0) is 21.1. The molecule has 0 bridgehead atoms. The van der Waals surface area contributed by atoms with Crippen molar-refractivity contribution in [3.63, 3.8) is 0 Å². The van der Waals surface area contributed by atoms with Gasteiger partial charge in [-0.1, -0.05) is 36.3 Å². The molecule has 1 aliphatic rings. The molecule has 4 rings (SSSR count). The van der Waals surface area contributed by atoms with Crippen LogP contribution in [-0.2, 0) is 21.4 Å². The summed E-state index contributed by atoms with van der Waals surface area (Å²) >= 11 is 1.10. The minimum atomic E-state index is -3.52. The van der Waals surface area contributed by atoms with E-state index in [1.807, 2.05) is 24.3 Å². The van der Waals surface area contributed by atoms with Crippen LogP contribution in [-0.4, -0.2) is 36.3 Å². The molecular weight excluding hydrogens is 422 g/mol. The normalized spacial score (nSPS) is 15.7. The fraction of sp³-hybridized carbons (Fsp3) is 0.333. The number of hydrogen-bond acceptors (Lipinski definition) is 5. The molecule has 2 heterocycles. The second kappa shape index (κ2) is 8.71. The van der Waals surface area contributed by atoms with Gasteiger partial charge in [0.05, 0.1) is 15.1 Å². The Morgan fingerprint density at radius 1 is 0.967 bits per heavy atom. The van der Waals surface area contributed by atoms with Crippen LogP contribution in [0.15, 0.2) is 58.2 Å². The summed E-state index contributed by atoms with van der Waals surface area (Å²) in [4.78, 5) is 24.7. The summed E-state index contributed by atoms with van der Waals surface area (Å²) < 4.78 is 29.5. The van der Waals surface area contributed by atoms with Crippen LogP contribution in [0.2, 0.25) is 0 Å². The van der Waals surface area contributed by atoms with Gasteiger partial charge in [-0.15, -0.1) is 0 Å². The first-order valence-electron chi connectivity index (χ1n) is 9.93. The maximum Gasteiger partial charge on any atom is 0.308 e. The molecule has 1 aromatic heterocycles. The number of anilines is 1. The van der Waals surface area contributed by atoms with Gasteiger partial charge in [-0.05, 0) is 49.2 Å². The van der Waals surface area contributed by atoms with Gasteiger partial charge in [0.25, 0.3) is 0 Å². The number of sulfonamides is 1. The van der Waals surface area contributed by atoms with Gasteiger partial charge in [0.15, 0.2) is 0 Å². The number of carbonyl (C=O) groups is 1. The van der Waals surface area contributed by atoms with Crippen molar-refractivity contribution in [2.24, 2.45) is 0 Å². The predicted octanol–water partition coefficient (Wildman–Crippen LogP) is 3.27. The van der Waals surface area contributed by atoms with E-state index in [-0.39, 0.29) is 22.2 Å². The molecule has 0 saturated carbocycles.